The molecule has 7 nitrogen and oxygen atoms in total. The summed E-state index contributed by atoms with van der Waals surface area (Å²) < 4.78 is 1.62. The molecule has 2 aromatic rings. The van der Waals surface area contributed by atoms with Gasteiger partial charge in [0.1, 0.15) is 5.01 Å². The van der Waals surface area contributed by atoms with Crippen LogP contribution in [0, 0.1) is 6.92 Å². The van der Waals surface area contributed by atoms with Crippen molar-refractivity contribution < 1.29 is 0 Å². The summed E-state index contributed by atoms with van der Waals surface area (Å²) in [4.78, 5) is 16.8. The summed E-state index contributed by atoms with van der Waals surface area (Å²) in [5, 5.41) is 14.7. The minimum atomic E-state index is -0.0414. The lowest BCUT2D eigenvalue weighted by Gasteiger charge is -2.32. The van der Waals surface area contributed by atoms with Gasteiger partial charge in [0.2, 0.25) is 5.13 Å². The van der Waals surface area contributed by atoms with Crippen LogP contribution in [0.25, 0.3) is 0 Å². The van der Waals surface area contributed by atoms with Gasteiger partial charge in [-0.15, -0.1) is 10.2 Å². The lowest BCUT2D eigenvalue weighted by molar-refractivity contribution is 0.362. The van der Waals surface area contributed by atoms with E-state index in [2.05, 4.69) is 38.9 Å². The maximum atomic E-state index is 12.5. The average Bonchev–Trinajstić information content (AvgIpc) is 3.00. The Balaban J connectivity index is 1.80. The molecule has 0 saturated carbocycles. The van der Waals surface area contributed by atoms with Crippen LogP contribution in [-0.4, -0.2) is 46.2 Å². The smallest absolute Gasteiger partial charge is 0.269 e. The molecule has 1 unspecified atom stereocenters. The second-order valence-electron chi connectivity index (χ2n) is 6.55. The van der Waals surface area contributed by atoms with Crippen LogP contribution in [0.5, 0.6) is 0 Å². The van der Waals surface area contributed by atoms with Crippen molar-refractivity contribution in [3.8, 4) is 0 Å². The average molecular weight is 348 g/mol. The first-order chi connectivity index (χ1) is 11.5. The van der Waals surface area contributed by atoms with Crippen LogP contribution in [0.2, 0.25) is 0 Å². The van der Waals surface area contributed by atoms with E-state index in [-0.39, 0.29) is 11.6 Å². The number of rotatable bonds is 4. The summed E-state index contributed by atoms with van der Waals surface area (Å²) in [6.45, 7) is 7.84. The molecule has 1 aliphatic rings. The standard InChI is InChI=1S/C16H24N6OS/c1-11(2)20(4)14-8-15(23)22(17-9-14)13-6-5-7-21(10-13)16-19-18-12(3)24-16/h8-9,11,13H,5-7,10H2,1-4H3. The summed E-state index contributed by atoms with van der Waals surface area (Å²) in [5.41, 5.74) is 0.818. The molecule has 0 N–H and O–H groups in total. The normalized spacial score (nSPS) is 18.2. The van der Waals surface area contributed by atoms with Crippen molar-refractivity contribution >= 4 is 22.2 Å². The molecule has 0 amide bonds. The monoisotopic (exact) mass is 348 g/mol. The Morgan fingerprint density at radius 1 is 1.38 bits per heavy atom. The molecular weight excluding hydrogens is 324 g/mol. The third kappa shape index (κ3) is 3.43. The molecule has 0 spiro atoms. The summed E-state index contributed by atoms with van der Waals surface area (Å²) in [6, 6.07) is 2.09. The first-order valence-corrected chi connectivity index (χ1v) is 9.14. The minimum Gasteiger partial charge on any atom is -0.371 e. The Morgan fingerprint density at radius 2 is 2.17 bits per heavy atom. The van der Waals surface area contributed by atoms with E-state index >= 15 is 0 Å². The number of hydrogen-bond acceptors (Lipinski definition) is 7. The van der Waals surface area contributed by atoms with E-state index in [4.69, 9.17) is 0 Å². The molecule has 3 heterocycles. The number of piperidine rings is 1. The quantitative estimate of drug-likeness (QED) is 0.843. The van der Waals surface area contributed by atoms with Crippen molar-refractivity contribution in [2.45, 2.75) is 45.7 Å². The highest BCUT2D eigenvalue weighted by Crippen LogP contribution is 2.27. The summed E-state index contributed by atoms with van der Waals surface area (Å²) in [6.07, 6.45) is 3.76. The number of aryl methyl sites for hydroxylation is 1. The lowest BCUT2D eigenvalue weighted by Crippen LogP contribution is -2.41. The van der Waals surface area contributed by atoms with Gasteiger partial charge in [-0.2, -0.15) is 5.10 Å². The van der Waals surface area contributed by atoms with E-state index in [1.807, 2.05) is 14.0 Å². The molecule has 3 rings (SSSR count). The second kappa shape index (κ2) is 6.88. The van der Waals surface area contributed by atoms with Gasteiger partial charge < -0.3 is 9.80 Å². The topological polar surface area (TPSA) is 67.2 Å². The molecule has 130 valence electrons. The van der Waals surface area contributed by atoms with Gasteiger partial charge in [0.25, 0.3) is 5.56 Å². The second-order valence-corrected chi connectivity index (χ2v) is 7.71. The molecule has 1 saturated heterocycles. The Labute approximate surface area is 145 Å². The van der Waals surface area contributed by atoms with Crippen LogP contribution >= 0.6 is 11.3 Å². The van der Waals surface area contributed by atoms with Crippen molar-refractivity contribution in [3.05, 3.63) is 27.6 Å². The highest BCUT2D eigenvalue weighted by molar-refractivity contribution is 7.15. The zero-order valence-electron chi connectivity index (χ0n) is 14.6. The minimum absolute atomic E-state index is 0.0414. The zero-order valence-corrected chi connectivity index (χ0v) is 15.5. The van der Waals surface area contributed by atoms with E-state index in [0.717, 1.165) is 41.8 Å². The first-order valence-electron chi connectivity index (χ1n) is 8.32. The SMILES string of the molecule is Cc1nnc(N2CCCC(n3ncc(N(C)C(C)C)cc3=O)C2)s1. The third-order valence-electron chi connectivity index (χ3n) is 4.52. The molecule has 0 aromatic carbocycles. The maximum absolute atomic E-state index is 12.5. The molecule has 0 aliphatic carbocycles. The van der Waals surface area contributed by atoms with Gasteiger partial charge >= 0.3 is 0 Å². The Kier molecular flexibility index (Phi) is 4.84. The van der Waals surface area contributed by atoms with E-state index < -0.39 is 0 Å². The fourth-order valence-corrected chi connectivity index (χ4v) is 3.64. The summed E-state index contributed by atoms with van der Waals surface area (Å²) >= 11 is 1.59. The van der Waals surface area contributed by atoms with Crippen LogP contribution in [0.3, 0.4) is 0 Å². The van der Waals surface area contributed by atoms with E-state index in [1.165, 1.54) is 0 Å². The maximum Gasteiger partial charge on any atom is 0.269 e. The van der Waals surface area contributed by atoms with Gasteiger partial charge in [-0.1, -0.05) is 11.3 Å². The highest BCUT2D eigenvalue weighted by Gasteiger charge is 2.25. The predicted molar refractivity (Wildman–Crippen MR) is 97.2 cm³/mol. The predicted octanol–water partition coefficient (Wildman–Crippen LogP) is 2.09. The van der Waals surface area contributed by atoms with Crippen molar-refractivity contribution in [1.82, 2.24) is 20.0 Å². The van der Waals surface area contributed by atoms with Crippen LogP contribution in [-0.2, 0) is 0 Å². The van der Waals surface area contributed by atoms with Gasteiger partial charge in [0.05, 0.1) is 17.9 Å². The van der Waals surface area contributed by atoms with Crippen LogP contribution in [0.15, 0.2) is 17.1 Å². The van der Waals surface area contributed by atoms with E-state index in [9.17, 15) is 4.79 Å². The van der Waals surface area contributed by atoms with Crippen molar-refractivity contribution in [3.63, 3.8) is 0 Å². The molecular formula is C16H24N6OS. The number of anilines is 2. The van der Waals surface area contributed by atoms with Crippen LogP contribution in [0.4, 0.5) is 10.8 Å². The number of nitrogens with zero attached hydrogens (tertiary/aromatic N) is 6. The Hall–Kier alpha value is -1.96. The number of aromatic nitrogens is 4. The van der Waals surface area contributed by atoms with Gasteiger partial charge in [-0.3, -0.25) is 4.79 Å². The van der Waals surface area contributed by atoms with E-state index in [1.54, 1.807) is 28.3 Å². The molecule has 1 atom stereocenters. The van der Waals surface area contributed by atoms with Gasteiger partial charge in [0, 0.05) is 32.2 Å². The summed E-state index contributed by atoms with van der Waals surface area (Å²) in [5.74, 6) is 0. The summed E-state index contributed by atoms with van der Waals surface area (Å²) in [7, 11) is 1.98. The third-order valence-corrected chi connectivity index (χ3v) is 5.42. The fourth-order valence-electron chi connectivity index (χ4n) is 2.92. The molecule has 8 heteroatoms. The molecule has 1 aliphatic heterocycles. The molecule has 2 aromatic heterocycles. The molecule has 0 radical (unpaired) electrons. The zero-order chi connectivity index (χ0) is 17.3. The fraction of sp³-hybridized carbons (Fsp3) is 0.625. The van der Waals surface area contributed by atoms with Gasteiger partial charge in [0.15, 0.2) is 0 Å². The number of hydrogen-bond donors (Lipinski definition) is 0. The van der Waals surface area contributed by atoms with Crippen molar-refractivity contribution in [2.24, 2.45) is 0 Å². The largest absolute Gasteiger partial charge is 0.371 e. The highest BCUT2D eigenvalue weighted by atomic mass is 32.1. The molecule has 1 fully saturated rings. The first kappa shape index (κ1) is 16.9. The van der Waals surface area contributed by atoms with Crippen molar-refractivity contribution in [1.29, 1.82) is 0 Å². The molecule has 24 heavy (non-hydrogen) atoms. The molecule has 0 bridgehead atoms. The van der Waals surface area contributed by atoms with E-state index in [0.29, 0.717) is 6.04 Å². The Morgan fingerprint density at radius 3 is 2.79 bits per heavy atom. The van der Waals surface area contributed by atoms with Crippen molar-refractivity contribution in [2.75, 3.05) is 29.9 Å². The Bertz CT molecular complexity index is 755. The van der Waals surface area contributed by atoms with Crippen LogP contribution in [0.1, 0.15) is 37.7 Å². The van der Waals surface area contributed by atoms with Gasteiger partial charge in [-0.05, 0) is 33.6 Å². The van der Waals surface area contributed by atoms with Gasteiger partial charge in [-0.25, -0.2) is 4.68 Å². The lowest BCUT2D eigenvalue weighted by atomic mass is 10.1. The van der Waals surface area contributed by atoms with Crippen LogP contribution < -0.4 is 15.4 Å².